The van der Waals surface area contributed by atoms with Gasteiger partial charge in [0.1, 0.15) is 11.3 Å². The topological polar surface area (TPSA) is 70.1 Å². The van der Waals surface area contributed by atoms with Gasteiger partial charge < -0.3 is 14.5 Å². The van der Waals surface area contributed by atoms with Crippen LogP contribution >= 0.6 is 0 Å². The molecule has 1 aromatic heterocycles. The maximum absolute atomic E-state index is 13.0. The van der Waals surface area contributed by atoms with Gasteiger partial charge in [-0.2, -0.15) is 0 Å². The molecule has 0 aliphatic carbocycles. The minimum Gasteiger partial charge on any atom is -0.493 e. The third-order valence-corrected chi connectivity index (χ3v) is 6.31. The molecule has 0 saturated carbocycles. The van der Waals surface area contributed by atoms with Gasteiger partial charge in [-0.05, 0) is 62.1 Å². The van der Waals surface area contributed by atoms with Gasteiger partial charge in [-0.1, -0.05) is 32.0 Å². The number of aromatic nitrogens is 1. The lowest BCUT2D eigenvalue weighted by Gasteiger charge is -2.33. The van der Waals surface area contributed by atoms with Crippen molar-refractivity contribution >= 4 is 11.9 Å². The van der Waals surface area contributed by atoms with E-state index >= 15 is 0 Å². The summed E-state index contributed by atoms with van der Waals surface area (Å²) in [6, 6.07) is 12.3. The number of nitrogens with zero attached hydrogens (tertiary/aromatic N) is 4. The van der Waals surface area contributed by atoms with Crippen molar-refractivity contribution in [1.29, 1.82) is 0 Å². The van der Waals surface area contributed by atoms with Gasteiger partial charge in [0.25, 0.3) is 5.91 Å². The van der Waals surface area contributed by atoms with E-state index in [2.05, 4.69) is 59.2 Å². The van der Waals surface area contributed by atoms with E-state index in [4.69, 9.17) is 9.73 Å². The predicted octanol–water partition coefficient (Wildman–Crippen LogP) is 3.38. The Kier molecular flexibility index (Phi) is 6.98. The van der Waals surface area contributed by atoms with Gasteiger partial charge in [-0.3, -0.25) is 15.1 Å². The van der Waals surface area contributed by atoms with E-state index in [1.807, 2.05) is 31.3 Å². The van der Waals surface area contributed by atoms with E-state index in [9.17, 15) is 4.79 Å². The largest absolute Gasteiger partial charge is 0.493 e. The van der Waals surface area contributed by atoms with E-state index in [1.54, 1.807) is 0 Å². The van der Waals surface area contributed by atoms with Gasteiger partial charge in [-0.25, -0.2) is 4.99 Å². The second kappa shape index (κ2) is 9.91. The Labute approximate surface area is 196 Å². The molecular formula is C26H35N5O2. The highest BCUT2D eigenvalue weighted by atomic mass is 16.5. The highest BCUT2D eigenvalue weighted by molar-refractivity contribution is 6.07. The molecule has 0 bridgehead atoms. The van der Waals surface area contributed by atoms with E-state index in [-0.39, 0.29) is 5.91 Å². The first-order valence-electron chi connectivity index (χ1n) is 11.8. The summed E-state index contributed by atoms with van der Waals surface area (Å²) in [5.74, 6) is 2.04. The summed E-state index contributed by atoms with van der Waals surface area (Å²) in [6.07, 6.45) is 3.40. The number of rotatable bonds is 7. The lowest BCUT2D eigenvalue weighted by molar-refractivity contribution is -0.125. The predicted molar refractivity (Wildman–Crippen MR) is 130 cm³/mol. The molecule has 0 radical (unpaired) electrons. The summed E-state index contributed by atoms with van der Waals surface area (Å²) in [4.78, 5) is 26.8. The van der Waals surface area contributed by atoms with Crippen molar-refractivity contribution in [1.82, 2.24) is 20.1 Å². The molecule has 0 unspecified atom stereocenters. The van der Waals surface area contributed by atoms with Crippen molar-refractivity contribution in [3.8, 4) is 5.75 Å². The molecule has 2 aliphatic heterocycles. The highest BCUT2D eigenvalue weighted by Crippen LogP contribution is 2.30. The number of carbonyl (C=O) groups excluding carboxylic acids is 1. The zero-order valence-electron chi connectivity index (χ0n) is 20.2. The first kappa shape index (κ1) is 23.2. The molecule has 33 heavy (non-hydrogen) atoms. The summed E-state index contributed by atoms with van der Waals surface area (Å²) in [5.41, 5.74) is 2.56. The second-order valence-corrected chi connectivity index (χ2v) is 9.74. The standard InChI is InChI=1S/C26H35N5O2/c1-19(2)18-33-23-9-7-21(8-10-23)16-31(17-22-6-5-20(3)27-15-22)25-28-24(32)26(29-25)11-13-30(4)14-12-26/h5-10,15,19H,11-14,16-18H2,1-4H3,(H,28,29,32). The Balaban J connectivity index is 1.55. The Morgan fingerprint density at radius 3 is 2.39 bits per heavy atom. The van der Waals surface area contributed by atoms with E-state index in [0.29, 0.717) is 31.6 Å². The fourth-order valence-electron chi connectivity index (χ4n) is 4.17. The van der Waals surface area contributed by atoms with Gasteiger partial charge in [0.2, 0.25) is 5.96 Å². The van der Waals surface area contributed by atoms with Crippen LogP contribution in [-0.4, -0.2) is 58.9 Å². The normalized spacial score (nSPS) is 17.8. The lowest BCUT2D eigenvalue weighted by atomic mass is 9.88. The highest BCUT2D eigenvalue weighted by Gasteiger charge is 2.46. The van der Waals surface area contributed by atoms with Crippen LogP contribution in [0.2, 0.25) is 0 Å². The molecule has 7 nitrogen and oxygen atoms in total. The average Bonchev–Trinajstić information content (AvgIpc) is 3.12. The fourth-order valence-corrected chi connectivity index (χ4v) is 4.17. The van der Waals surface area contributed by atoms with Crippen LogP contribution in [0.1, 0.15) is 43.5 Å². The number of amides is 1. The number of guanidine groups is 1. The van der Waals surface area contributed by atoms with Crippen LogP contribution in [-0.2, 0) is 17.9 Å². The van der Waals surface area contributed by atoms with E-state index < -0.39 is 5.54 Å². The summed E-state index contributed by atoms with van der Waals surface area (Å²) >= 11 is 0. The number of nitrogens with one attached hydrogen (secondary N) is 1. The third-order valence-electron chi connectivity index (χ3n) is 6.31. The number of benzene rings is 1. The van der Waals surface area contributed by atoms with Crippen LogP contribution in [0, 0.1) is 12.8 Å². The minimum atomic E-state index is -0.639. The van der Waals surface area contributed by atoms with Crippen LogP contribution in [0.5, 0.6) is 5.75 Å². The fraction of sp³-hybridized carbons (Fsp3) is 0.500. The Morgan fingerprint density at radius 1 is 1.09 bits per heavy atom. The first-order valence-corrected chi connectivity index (χ1v) is 11.8. The summed E-state index contributed by atoms with van der Waals surface area (Å²) in [6.45, 7) is 9.97. The summed E-state index contributed by atoms with van der Waals surface area (Å²) < 4.78 is 5.83. The molecule has 2 aliphatic rings. The van der Waals surface area contributed by atoms with Gasteiger partial charge in [0.15, 0.2) is 0 Å². The molecule has 2 aromatic rings. The van der Waals surface area contributed by atoms with Crippen molar-refractivity contribution in [3.05, 3.63) is 59.4 Å². The Bertz CT molecular complexity index is 977. The number of hydrogen-bond acceptors (Lipinski definition) is 6. The van der Waals surface area contributed by atoms with Crippen LogP contribution in [0.3, 0.4) is 0 Å². The number of piperidine rings is 1. The summed E-state index contributed by atoms with van der Waals surface area (Å²) in [5, 5.41) is 3.10. The number of aliphatic imine (C=N–C) groups is 1. The van der Waals surface area contributed by atoms with Crippen molar-refractivity contribution in [2.24, 2.45) is 10.9 Å². The van der Waals surface area contributed by atoms with Gasteiger partial charge in [0.05, 0.1) is 6.61 Å². The Hall–Kier alpha value is -2.93. The maximum atomic E-state index is 13.0. The van der Waals surface area contributed by atoms with E-state index in [0.717, 1.165) is 48.5 Å². The Morgan fingerprint density at radius 2 is 1.76 bits per heavy atom. The molecule has 176 valence electrons. The molecule has 3 heterocycles. The molecular weight excluding hydrogens is 414 g/mol. The van der Waals surface area contributed by atoms with Gasteiger partial charge >= 0.3 is 0 Å². The van der Waals surface area contributed by atoms with Crippen LogP contribution in [0.15, 0.2) is 47.6 Å². The molecule has 0 atom stereocenters. The van der Waals surface area contributed by atoms with Crippen molar-refractivity contribution in [2.75, 3.05) is 26.7 Å². The van der Waals surface area contributed by atoms with Crippen molar-refractivity contribution < 1.29 is 9.53 Å². The number of aryl methyl sites for hydroxylation is 1. The third kappa shape index (κ3) is 5.71. The molecule has 7 heteroatoms. The first-order chi connectivity index (χ1) is 15.8. The average molecular weight is 450 g/mol. The number of hydrogen-bond donors (Lipinski definition) is 1. The van der Waals surface area contributed by atoms with Crippen LogP contribution < -0.4 is 10.1 Å². The monoisotopic (exact) mass is 449 g/mol. The second-order valence-electron chi connectivity index (χ2n) is 9.74. The minimum absolute atomic E-state index is 0.0232. The van der Waals surface area contributed by atoms with Gasteiger partial charge in [0, 0.05) is 38.1 Å². The molecule has 1 amide bonds. The molecule has 1 aromatic carbocycles. The zero-order chi connectivity index (χ0) is 23.4. The summed E-state index contributed by atoms with van der Waals surface area (Å²) in [7, 11) is 2.09. The van der Waals surface area contributed by atoms with Crippen LogP contribution in [0.25, 0.3) is 0 Å². The number of pyridine rings is 1. The number of ether oxygens (including phenoxy) is 1. The van der Waals surface area contributed by atoms with Crippen molar-refractivity contribution in [2.45, 2.75) is 52.2 Å². The molecule has 1 fully saturated rings. The smallest absolute Gasteiger partial charge is 0.254 e. The molecule has 1 saturated heterocycles. The molecule has 1 spiro atoms. The molecule has 1 N–H and O–H groups in total. The quantitative estimate of drug-likeness (QED) is 0.702. The number of carbonyl (C=O) groups is 1. The van der Waals surface area contributed by atoms with E-state index in [1.165, 1.54) is 0 Å². The SMILES string of the molecule is Cc1ccc(CN(Cc2ccc(OCC(C)C)cc2)C2=NC3(CCN(C)CC3)C(=O)N2)cn1. The lowest BCUT2D eigenvalue weighted by Crippen LogP contribution is -2.48. The zero-order valence-corrected chi connectivity index (χ0v) is 20.2. The van der Waals surface area contributed by atoms with Gasteiger partial charge in [-0.15, -0.1) is 0 Å². The maximum Gasteiger partial charge on any atom is 0.254 e. The number of likely N-dealkylation sites (tertiary alicyclic amines) is 1. The van der Waals surface area contributed by atoms with Crippen molar-refractivity contribution in [3.63, 3.8) is 0 Å². The molecule has 4 rings (SSSR count). The van der Waals surface area contributed by atoms with Crippen LogP contribution in [0.4, 0.5) is 0 Å².